The molecule has 3 rings (SSSR count). The second kappa shape index (κ2) is 7.42. The summed E-state index contributed by atoms with van der Waals surface area (Å²) in [5.41, 5.74) is 0.543. The number of piperidine rings is 1. The molecule has 1 amide bonds. The van der Waals surface area contributed by atoms with E-state index in [2.05, 4.69) is 15.3 Å². The molecule has 0 spiro atoms. The molecule has 0 bridgehead atoms. The zero-order valence-electron chi connectivity index (χ0n) is 14.1. The summed E-state index contributed by atoms with van der Waals surface area (Å²) in [6, 6.07) is 2.20. The highest BCUT2D eigenvalue weighted by Gasteiger charge is 2.27. The number of ether oxygens (including phenoxy) is 1. The van der Waals surface area contributed by atoms with E-state index in [-0.39, 0.29) is 12.0 Å². The lowest BCUT2D eigenvalue weighted by molar-refractivity contribution is -0.0308. The second-order valence-corrected chi connectivity index (χ2v) is 6.69. The van der Waals surface area contributed by atoms with Crippen molar-refractivity contribution in [3.63, 3.8) is 0 Å². The van der Waals surface area contributed by atoms with Crippen LogP contribution in [0, 0.1) is 0 Å². The van der Waals surface area contributed by atoms with Gasteiger partial charge in [-0.1, -0.05) is 0 Å². The predicted octanol–water partition coefficient (Wildman–Crippen LogP) is 0.210. The Labute approximate surface area is 137 Å². The molecule has 7 nitrogen and oxygen atoms in total. The quantitative estimate of drug-likeness (QED) is 0.859. The maximum atomic E-state index is 12.7. The molecular formula is C16H27N5O2. The summed E-state index contributed by atoms with van der Waals surface area (Å²) in [4.78, 5) is 16.6. The van der Waals surface area contributed by atoms with E-state index in [0.717, 1.165) is 32.5 Å². The summed E-state index contributed by atoms with van der Waals surface area (Å²) in [5.74, 6) is 0.0135. The Morgan fingerprint density at radius 3 is 3.13 bits per heavy atom. The monoisotopic (exact) mass is 321 g/mol. The lowest BCUT2D eigenvalue weighted by Gasteiger charge is -2.33. The molecule has 2 saturated heterocycles. The van der Waals surface area contributed by atoms with E-state index in [9.17, 15) is 4.79 Å². The fourth-order valence-electron chi connectivity index (χ4n) is 3.30. The van der Waals surface area contributed by atoms with E-state index in [1.807, 2.05) is 35.9 Å². The zero-order chi connectivity index (χ0) is 16.2. The summed E-state index contributed by atoms with van der Waals surface area (Å²) in [6.07, 6.45) is 4.28. The Bertz CT molecular complexity index is 524. The van der Waals surface area contributed by atoms with Crippen molar-refractivity contribution in [2.75, 3.05) is 53.4 Å². The van der Waals surface area contributed by atoms with Gasteiger partial charge in [-0.15, -0.1) is 0 Å². The third kappa shape index (κ3) is 4.10. The van der Waals surface area contributed by atoms with E-state index >= 15 is 0 Å². The lowest BCUT2D eigenvalue weighted by atomic mass is 10.1. The molecule has 0 radical (unpaired) electrons. The van der Waals surface area contributed by atoms with Crippen molar-refractivity contribution < 1.29 is 9.53 Å². The minimum Gasteiger partial charge on any atom is -0.373 e. The van der Waals surface area contributed by atoms with Crippen molar-refractivity contribution in [1.29, 1.82) is 0 Å². The van der Waals surface area contributed by atoms with Crippen LogP contribution in [0.4, 0.5) is 0 Å². The standard InChI is InChI=1S/C16H27N5O2/c1-19(2)11-14-12-20(8-9-23-14)16(22)15-5-7-21(18-15)13-4-3-6-17-10-13/h5,7,13-14,17H,3-4,6,8-12H2,1-2H3. The summed E-state index contributed by atoms with van der Waals surface area (Å²) >= 11 is 0. The molecule has 128 valence electrons. The van der Waals surface area contributed by atoms with Crippen LogP contribution in [0.2, 0.25) is 0 Å². The minimum absolute atomic E-state index is 0.0135. The molecule has 23 heavy (non-hydrogen) atoms. The SMILES string of the molecule is CN(C)CC1CN(C(=O)c2ccn(C3CCCNC3)n2)CCO1. The molecule has 0 aliphatic carbocycles. The maximum absolute atomic E-state index is 12.7. The van der Waals surface area contributed by atoms with Gasteiger partial charge in [0.1, 0.15) is 5.69 Å². The van der Waals surface area contributed by atoms with Crippen molar-refractivity contribution >= 4 is 5.91 Å². The van der Waals surface area contributed by atoms with Crippen molar-refractivity contribution in [3.05, 3.63) is 18.0 Å². The molecule has 2 aliphatic rings. The van der Waals surface area contributed by atoms with E-state index in [1.54, 1.807) is 0 Å². The van der Waals surface area contributed by atoms with Gasteiger partial charge in [0.05, 0.1) is 18.8 Å². The van der Waals surface area contributed by atoms with Crippen molar-refractivity contribution in [1.82, 2.24) is 24.9 Å². The maximum Gasteiger partial charge on any atom is 0.274 e. The highest BCUT2D eigenvalue weighted by molar-refractivity contribution is 5.92. The molecule has 1 aromatic heterocycles. The average Bonchev–Trinajstić information content (AvgIpc) is 3.04. The number of nitrogens with one attached hydrogen (secondary N) is 1. The van der Waals surface area contributed by atoms with Gasteiger partial charge in [0.15, 0.2) is 0 Å². The van der Waals surface area contributed by atoms with Crippen molar-refractivity contribution in [2.24, 2.45) is 0 Å². The zero-order valence-corrected chi connectivity index (χ0v) is 14.1. The van der Waals surface area contributed by atoms with Crippen LogP contribution in [0.1, 0.15) is 29.4 Å². The van der Waals surface area contributed by atoms with Gasteiger partial charge < -0.3 is 19.9 Å². The summed E-state index contributed by atoms with van der Waals surface area (Å²) < 4.78 is 7.68. The summed E-state index contributed by atoms with van der Waals surface area (Å²) in [5, 5.41) is 7.91. The largest absolute Gasteiger partial charge is 0.373 e. The fraction of sp³-hybridized carbons (Fsp3) is 0.750. The fourth-order valence-corrected chi connectivity index (χ4v) is 3.30. The molecule has 0 saturated carbocycles. The molecule has 2 aliphatic heterocycles. The minimum atomic E-state index is 0.0135. The second-order valence-electron chi connectivity index (χ2n) is 6.69. The smallest absolute Gasteiger partial charge is 0.274 e. The van der Waals surface area contributed by atoms with Gasteiger partial charge in [0.25, 0.3) is 5.91 Å². The molecule has 1 N–H and O–H groups in total. The Balaban J connectivity index is 1.62. The molecule has 3 heterocycles. The van der Waals surface area contributed by atoms with Gasteiger partial charge in [0.2, 0.25) is 0 Å². The summed E-state index contributed by atoms with van der Waals surface area (Å²) in [7, 11) is 4.04. The van der Waals surface area contributed by atoms with E-state index in [0.29, 0.717) is 31.4 Å². The number of nitrogens with zero attached hydrogens (tertiary/aromatic N) is 4. The first kappa shape index (κ1) is 16.4. The first-order chi connectivity index (χ1) is 11.1. The molecule has 2 unspecified atom stereocenters. The molecular weight excluding hydrogens is 294 g/mol. The van der Waals surface area contributed by atoms with Gasteiger partial charge in [-0.3, -0.25) is 9.48 Å². The van der Waals surface area contributed by atoms with Crippen LogP contribution < -0.4 is 5.32 Å². The third-order valence-electron chi connectivity index (χ3n) is 4.47. The highest BCUT2D eigenvalue weighted by Crippen LogP contribution is 2.17. The first-order valence-corrected chi connectivity index (χ1v) is 8.45. The Morgan fingerprint density at radius 2 is 2.39 bits per heavy atom. The van der Waals surface area contributed by atoms with Gasteiger partial charge in [0, 0.05) is 32.4 Å². The van der Waals surface area contributed by atoms with E-state index in [1.165, 1.54) is 0 Å². The van der Waals surface area contributed by atoms with Crippen LogP contribution in [0.5, 0.6) is 0 Å². The van der Waals surface area contributed by atoms with Gasteiger partial charge in [-0.05, 0) is 39.5 Å². The number of rotatable bonds is 4. The number of carbonyl (C=O) groups excluding carboxylic acids is 1. The Kier molecular flexibility index (Phi) is 5.30. The van der Waals surface area contributed by atoms with Gasteiger partial charge >= 0.3 is 0 Å². The van der Waals surface area contributed by atoms with E-state index < -0.39 is 0 Å². The topological polar surface area (TPSA) is 62.6 Å². The number of amides is 1. The molecule has 2 fully saturated rings. The van der Waals surface area contributed by atoms with Crippen LogP contribution in [0.15, 0.2) is 12.3 Å². The van der Waals surface area contributed by atoms with Gasteiger partial charge in [-0.2, -0.15) is 5.10 Å². The molecule has 1 aromatic rings. The number of likely N-dealkylation sites (N-methyl/N-ethyl adjacent to an activating group) is 1. The van der Waals surface area contributed by atoms with Crippen LogP contribution in [0.3, 0.4) is 0 Å². The average molecular weight is 321 g/mol. The lowest BCUT2D eigenvalue weighted by Crippen LogP contribution is -2.48. The van der Waals surface area contributed by atoms with Crippen LogP contribution in [0.25, 0.3) is 0 Å². The number of carbonyl (C=O) groups is 1. The summed E-state index contributed by atoms with van der Waals surface area (Å²) in [6.45, 7) is 4.70. The molecule has 7 heteroatoms. The number of morpholine rings is 1. The van der Waals surface area contributed by atoms with E-state index in [4.69, 9.17) is 4.74 Å². The number of hydrogen-bond donors (Lipinski definition) is 1. The normalized spacial score (nSPS) is 25.8. The Hall–Kier alpha value is -1.44. The number of aromatic nitrogens is 2. The molecule has 0 aromatic carbocycles. The molecule has 2 atom stereocenters. The number of hydrogen-bond acceptors (Lipinski definition) is 5. The third-order valence-corrected chi connectivity index (χ3v) is 4.47. The van der Waals surface area contributed by atoms with Gasteiger partial charge in [-0.25, -0.2) is 0 Å². The van der Waals surface area contributed by atoms with Crippen LogP contribution >= 0.6 is 0 Å². The Morgan fingerprint density at radius 1 is 1.52 bits per heavy atom. The highest BCUT2D eigenvalue weighted by atomic mass is 16.5. The van der Waals surface area contributed by atoms with Crippen molar-refractivity contribution in [3.8, 4) is 0 Å². The van der Waals surface area contributed by atoms with Crippen LogP contribution in [-0.4, -0.2) is 85.0 Å². The first-order valence-electron chi connectivity index (χ1n) is 8.45. The van der Waals surface area contributed by atoms with Crippen molar-refractivity contribution in [2.45, 2.75) is 25.0 Å². The van der Waals surface area contributed by atoms with Crippen LogP contribution in [-0.2, 0) is 4.74 Å². The predicted molar refractivity (Wildman–Crippen MR) is 87.6 cm³/mol.